The topological polar surface area (TPSA) is 89.7 Å². The van der Waals surface area contributed by atoms with Crippen LogP contribution in [0.2, 0.25) is 5.02 Å². The Morgan fingerprint density at radius 1 is 1.17 bits per heavy atom. The molecule has 0 aliphatic carbocycles. The van der Waals surface area contributed by atoms with Gasteiger partial charge >= 0.3 is 5.97 Å². The number of amides is 1. The summed E-state index contributed by atoms with van der Waals surface area (Å²) in [6.07, 6.45) is 0.851. The summed E-state index contributed by atoms with van der Waals surface area (Å²) < 4.78 is 11.1. The zero-order chi connectivity index (χ0) is 24.9. The van der Waals surface area contributed by atoms with Crippen LogP contribution < -0.4 is 10.3 Å². The summed E-state index contributed by atoms with van der Waals surface area (Å²) in [5.41, 5.74) is 2.47. The van der Waals surface area contributed by atoms with E-state index in [1.165, 1.54) is 4.90 Å². The molecule has 3 heterocycles. The molecule has 1 aliphatic heterocycles. The summed E-state index contributed by atoms with van der Waals surface area (Å²) in [6.45, 7) is 5.68. The quantitative estimate of drug-likeness (QED) is 0.321. The van der Waals surface area contributed by atoms with Gasteiger partial charge in [-0.15, -0.1) is 0 Å². The van der Waals surface area contributed by atoms with E-state index in [0.717, 1.165) is 28.9 Å². The second-order valence-corrected chi connectivity index (χ2v) is 9.53. The first-order valence-corrected chi connectivity index (χ1v) is 12.4. The lowest BCUT2D eigenvalue weighted by Gasteiger charge is -2.22. The molecule has 35 heavy (non-hydrogen) atoms. The Kier molecular flexibility index (Phi) is 5.94. The average Bonchev–Trinajstić information content (AvgIpc) is 3.37. The minimum atomic E-state index is -0.774. The predicted molar refractivity (Wildman–Crippen MR) is 135 cm³/mol. The van der Waals surface area contributed by atoms with Crippen molar-refractivity contribution >= 4 is 50.9 Å². The number of thiazole rings is 1. The van der Waals surface area contributed by atoms with Crippen molar-refractivity contribution in [1.29, 1.82) is 0 Å². The molecule has 1 atom stereocenters. The van der Waals surface area contributed by atoms with E-state index in [9.17, 15) is 14.4 Å². The standard InChI is InChI=1S/C26H21ClN2O5S/c1-4-14-6-8-15(9-7-14)20-19-21(30)17-12-16(27)10-11-18(17)34-22(19)24(31)29(20)26-28-13(3)23(35-26)25(32)33-5-2/h6-12,20H,4-5H2,1-3H3. The number of aromatic nitrogens is 1. The third-order valence-electron chi connectivity index (χ3n) is 5.99. The zero-order valence-electron chi connectivity index (χ0n) is 19.3. The highest BCUT2D eigenvalue weighted by molar-refractivity contribution is 7.17. The third-order valence-corrected chi connectivity index (χ3v) is 7.36. The van der Waals surface area contributed by atoms with Gasteiger partial charge in [0.05, 0.1) is 29.3 Å². The van der Waals surface area contributed by atoms with Crippen LogP contribution in [0.3, 0.4) is 0 Å². The molecule has 0 spiro atoms. The first-order chi connectivity index (χ1) is 16.8. The highest BCUT2D eigenvalue weighted by Gasteiger charge is 2.45. The number of rotatable bonds is 5. The molecule has 0 fully saturated rings. The van der Waals surface area contributed by atoms with Gasteiger partial charge < -0.3 is 9.15 Å². The maximum atomic E-state index is 13.7. The van der Waals surface area contributed by atoms with Crippen LogP contribution in [0, 0.1) is 6.92 Å². The fourth-order valence-corrected chi connectivity index (χ4v) is 5.42. The number of ether oxygens (including phenoxy) is 1. The van der Waals surface area contributed by atoms with E-state index in [1.807, 2.05) is 24.3 Å². The summed E-state index contributed by atoms with van der Waals surface area (Å²) in [5.74, 6) is -1.04. The van der Waals surface area contributed by atoms with Gasteiger partial charge in [0.1, 0.15) is 10.5 Å². The number of benzene rings is 2. The molecule has 2 aromatic heterocycles. The van der Waals surface area contributed by atoms with Crippen molar-refractivity contribution in [2.24, 2.45) is 0 Å². The Morgan fingerprint density at radius 3 is 2.60 bits per heavy atom. The predicted octanol–water partition coefficient (Wildman–Crippen LogP) is 5.70. The van der Waals surface area contributed by atoms with Crippen LogP contribution in [-0.2, 0) is 11.2 Å². The van der Waals surface area contributed by atoms with Gasteiger partial charge in [0.15, 0.2) is 10.6 Å². The summed E-state index contributed by atoms with van der Waals surface area (Å²) in [6, 6.07) is 11.7. The second kappa shape index (κ2) is 8.94. The smallest absolute Gasteiger partial charge is 0.350 e. The van der Waals surface area contributed by atoms with Crippen LogP contribution in [0.5, 0.6) is 0 Å². The number of aryl methyl sites for hydroxylation is 2. The largest absolute Gasteiger partial charge is 0.462 e. The molecule has 2 aromatic carbocycles. The minimum Gasteiger partial charge on any atom is -0.462 e. The lowest BCUT2D eigenvalue weighted by atomic mass is 9.97. The van der Waals surface area contributed by atoms with Crippen LogP contribution >= 0.6 is 22.9 Å². The summed E-state index contributed by atoms with van der Waals surface area (Å²) in [7, 11) is 0. The van der Waals surface area contributed by atoms with Crippen LogP contribution in [-0.4, -0.2) is 23.5 Å². The molecule has 0 N–H and O–H groups in total. The maximum absolute atomic E-state index is 13.7. The number of carbonyl (C=O) groups is 2. The van der Waals surface area contributed by atoms with Gasteiger partial charge in [0.2, 0.25) is 5.76 Å². The molecular formula is C26H21ClN2O5S. The van der Waals surface area contributed by atoms with E-state index in [4.69, 9.17) is 20.8 Å². The van der Waals surface area contributed by atoms with Crippen LogP contribution in [0.15, 0.2) is 51.7 Å². The Balaban J connectivity index is 1.74. The van der Waals surface area contributed by atoms with Gasteiger partial charge in [-0.25, -0.2) is 9.78 Å². The van der Waals surface area contributed by atoms with Crippen LogP contribution in [0.25, 0.3) is 11.0 Å². The molecule has 1 amide bonds. The van der Waals surface area contributed by atoms with Crippen molar-refractivity contribution in [3.63, 3.8) is 0 Å². The fraction of sp³-hybridized carbons (Fsp3) is 0.231. The van der Waals surface area contributed by atoms with E-state index < -0.39 is 17.9 Å². The number of carbonyl (C=O) groups excluding carboxylic acids is 2. The van der Waals surface area contributed by atoms with Crippen molar-refractivity contribution < 1.29 is 18.7 Å². The Morgan fingerprint density at radius 2 is 1.91 bits per heavy atom. The monoisotopic (exact) mass is 508 g/mol. The van der Waals surface area contributed by atoms with Crippen molar-refractivity contribution in [1.82, 2.24) is 4.98 Å². The first-order valence-electron chi connectivity index (χ1n) is 11.2. The van der Waals surface area contributed by atoms with Gasteiger partial charge in [0.25, 0.3) is 5.91 Å². The summed E-state index contributed by atoms with van der Waals surface area (Å²) >= 11 is 7.20. The van der Waals surface area contributed by atoms with Crippen molar-refractivity contribution in [3.8, 4) is 0 Å². The zero-order valence-corrected chi connectivity index (χ0v) is 20.8. The first kappa shape index (κ1) is 23.3. The van der Waals surface area contributed by atoms with Crippen LogP contribution in [0.1, 0.15) is 62.5 Å². The Bertz CT molecular complexity index is 1540. The molecule has 0 bridgehead atoms. The van der Waals surface area contributed by atoms with E-state index in [2.05, 4.69) is 11.9 Å². The van der Waals surface area contributed by atoms with Gasteiger partial charge in [0, 0.05) is 5.02 Å². The molecule has 0 radical (unpaired) electrons. The van der Waals surface area contributed by atoms with Gasteiger partial charge in [-0.2, -0.15) is 0 Å². The number of fused-ring (bicyclic) bond motifs is 2. The number of halogens is 1. The normalized spacial score (nSPS) is 15.0. The average molecular weight is 509 g/mol. The Labute approximate surface area is 209 Å². The number of esters is 1. The van der Waals surface area contributed by atoms with E-state index in [-0.39, 0.29) is 34.1 Å². The SMILES string of the molecule is CCOC(=O)c1sc(N2C(=O)c3oc4ccc(Cl)cc4c(=O)c3C2c2ccc(CC)cc2)nc1C. The molecule has 178 valence electrons. The lowest BCUT2D eigenvalue weighted by Crippen LogP contribution is -2.29. The molecule has 0 saturated carbocycles. The molecule has 7 nitrogen and oxygen atoms in total. The third kappa shape index (κ3) is 3.83. The van der Waals surface area contributed by atoms with Crippen molar-refractivity contribution in [3.05, 3.63) is 90.7 Å². The lowest BCUT2D eigenvalue weighted by molar-refractivity contribution is 0.0531. The number of anilines is 1. The summed E-state index contributed by atoms with van der Waals surface area (Å²) in [4.78, 5) is 46.0. The van der Waals surface area contributed by atoms with Gasteiger partial charge in [-0.3, -0.25) is 14.5 Å². The van der Waals surface area contributed by atoms with Gasteiger partial charge in [-0.1, -0.05) is 54.1 Å². The molecule has 1 aliphatic rings. The number of hydrogen-bond acceptors (Lipinski definition) is 7. The number of hydrogen-bond donors (Lipinski definition) is 0. The second-order valence-electron chi connectivity index (χ2n) is 8.12. The molecule has 4 aromatic rings. The molecule has 5 rings (SSSR count). The van der Waals surface area contributed by atoms with E-state index >= 15 is 0 Å². The van der Waals surface area contributed by atoms with Crippen LogP contribution in [0.4, 0.5) is 5.13 Å². The van der Waals surface area contributed by atoms with E-state index in [1.54, 1.807) is 32.0 Å². The fourth-order valence-electron chi connectivity index (χ4n) is 4.26. The van der Waals surface area contributed by atoms with E-state index in [0.29, 0.717) is 21.0 Å². The maximum Gasteiger partial charge on any atom is 0.350 e. The summed E-state index contributed by atoms with van der Waals surface area (Å²) in [5, 5.41) is 0.973. The molecule has 1 unspecified atom stereocenters. The molecule has 9 heteroatoms. The molecule has 0 saturated heterocycles. The highest BCUT2D eigenvalue weighted by Crippen LogP contribution is 2.43. The highest BCUT2D eigenvalue weighted by atomic mass is 35.5. The van der Waals surface area contributed by atoms with Gasteiger partial charge in [-0.05, 0) is 49.6 Å². The van der Waals surface area contributed by atoms with Crippen molar-refractivity contribution in [2.75, 3.05) is 11.5 Å². The minimum absolute atomic E-state index is 0.0417. The number of nitrogens with zero attached hydrogens (tertiary/aromatic N) is 2. The Hall–Kier alpha value is -3.49. The van der Waals surface area contributed by atoms with Crippen molar-refractivity contribution in [2.45, 2.75) is 33.2 Å². The molecular weight excluding hydrogens is 488 g/mol.